The summed E-state index contributed by atoms with van der Waals surface area (Å²) in [6.07, 6.45) is 0.900. The Balaban J connectivity index is 2.19. The molecule has 0 aliphatic heterocycles. The summed E-state index contributed by atoms with van der Waals surface area (Å²) in [7, 11) is 1.82. The van der Waals surface area contributed by atoms with Gasteiger partial charge in [-0.05, 0) is 24.1 Å². The number of aliphatic hydroxyl groups excluding tert-OH is 1. The van der Waals surface area contributed by atoms with Gasteiger partial charge in [0.25, 0.3) is 0 Å². The van der Waals surface area contributed by atoms with Crippen molar-refractivity contribution in [3.05, 3.63) is 41.5 Å². The quantitative estimate of drug-likeness (QED) is 0.856. The molecular weight excluding hydrogens is 265 g/mol. The smallest absolute Gasteiger partial charge is 0.191 e. The third kappa shape index (κ3) is 3.13. The number of thioether (sulfide) groups is 1. The van der Waals surface area contributed by atoms with E-state index < -0.39 is 0 Å². The molecule has 0 saturated carbocycles. The molecule has 0 saturated heterocycles. The Bertz CT molecular complexity index is 541. The van der Waals surface area contributed by atoms with E-state index in [1.807, 2.05) is 7.05 Å². The fourth-order valence-electron chi connectivity index (χ4n) is 1.78. The zero-order chi connectivity index (χ0) is 13.8. The Kier molecular flexibility index (Phi) is 4.55. The van der Waals surface area contributed by atoms with Gasteiger partial charge in [-0.1, -0.05) is 30.8 Å². The van der Waals surface area contributed by atoms with Crippen molar-refractivity contribution in [2.24, 2.45) is 7.05 Å². The van der Waals surface area contributed by atoms with Crippen LogP contribution in [0, 0.1) is 5.82 Å². The largest absolute Gasteiger partial charge is 0.388 e. The van der Waals surface area contributed by atoms with Crippen LogP contribution in [0.5, 0.6) is 0 Å². The first kappa shape index (κ1) is 14.0. The first-order valence-corrected chi connectivity index (χ1v) is 6.95. The summed E-state index contributed by atoms with van der Waals surface area (Å²) in [6, 6.07) is 6.52. The molecule has 0 bridgehead atoms. The second-order valence-electron chi connectivity index (χ2n) is 4.18. The number of rotatable bonds is 5. The van der Waals surface area contributed by atoms with Gasteiger partial charge >= 0.3 is 0 Å². The van der Waals surface area contributed by atoms with Crippen LogP contribution in [0.1, 0.15) is 30.0 Å². The fraction of sp³-hybridized carbons (Fsp3) is 0.385. The minimum atomic E-state index is -0.232. The second kappa shape index (κ2) is 6.16. The molecule has 0 spiro atoms. The molecule has 0 radical (unpaired) electrons. The van der Waals surface area contributed by atoms with Crippen molar-refractivity contribution in [2.45, 2.75) is 30.4 Å². The summed E-state index contributed by atoms with van der Waals surface area (Å²) in [5, 5.41) is 18.0. The van der Waals surface area contributed by atoms with Crippen LogP contribution in [0.25, 0.3) is 0 Å². The van der Waals surface area contributed by atoms with Crippen molar-refractivity contribution < 1.29 is 9.50 Å². The van der Waals surface area contributed by atoms with Gasteiger partial charge in [-0.2, -0.15) is 0 Å². The fourth-order valence-corrected chi connectivity index (χ4v) is 2.84. The molecule has 0 amide bonds. The van der Waals surface area contributed by atoms with Gasteiger partial charge < -0.3 is 9.67 Å². The Labute approximate surface area is 115 Å². The van der Waals surface area contributed by atoms with Crippen LogP contribution in [0.15, 0.2) is 29.4 Å². The van der Waals surface area contributed by atoms with E-state index in [1.165, 1.54) is 12.1 Å². The SMILES string of the molecule is CC[C@@H](Sc1nnc(CO)n1C)c1ccc(F)cc1. The molecule has 4 nitrogen and oxygen atoms in total. The molecule has 1 aromatic carbocycles. The summed E-state index contributed by atoms with van der Waals surface area (Å²) in [6.45, 7) is 1.95. The van der Waals surface area contributed by atoms with E-state index in [0.717, 1.165) is 17.1 Å². The monoisotopic (exact) mass is 281 g/mol. The van der Waals surface area contributed by atoms with Gasteiger partial charge in [0.05, 0.1) is 0 Å². The number of nitrogens with zero attached hydrogens (tertiary/aromatic N) is 3. The zero-order valence-electron chi connectivity index (χ0n) is 10.9. The molecule has 1 atom stereocenters. The Hall–Kier alpha value is -1.40. The maximum Gasteiger partial charge on any atom is 0.191 e. The summed E-state index contributed by atoms with van der Waals surface area (Å²) in [5.74, 6) is 0.307. The van der Waals surface area contributed by atoms with Crippen LogP contribution >= 0.6 is 11.8 Å². The molecule has 2 aromatic rings. The van der Waals surface area contributed by atoms with Gasteiger partial charge in [-0.15, -0.1) is 10.2 Å². The van der Waals surface area contributed by atoms with Crippen molar-refractivity contribution in [2.75, 3.05) is 0 Å². The van der Waals surface area contributed by atoms with E-state index in [9.17, 15) is 4.39 Å². The van der Waals surface area contributed by atoms with Gasteiger partial charge in [-0.3, -0.25) is 0 Å². The zero-order valence-corrected chi connectivity index (χ0v) is 11.7. The maximum absolute atomic E-state index is 12.9. The molecule has 1 N–H and O–H groups in total. The first-order chi connectivity index (χ1) is 9.15. The van der Waals surface area contributed by atoms with E-state index >= 15 is 0 Å². The lowest BCUT2D eigenvalue weighted by Crippen LogP contribution is -2.00. The summed E-state index contributed by atoms with van der Waals surface area (Å²) in [4.78, 5) is 0. The van der Waals surface area contributed by atoms with E-state index in [2.05, 4.69) is 17.1 Å². The predicted molar refractivity (Wildman–Crippen MR) is 72.2 cm³/mol. The van der Waals surface area contributed by atoms with Crippen LogP contribution in [-0.2, 0) is 13.7 Å². The number of aromatic nitrogens is 3. The Morgan fingerprint density at radius 3 is 2.53 bits per heavy atom. The van der Waals surface area contributed by atoms with E-state index in [0.29, 0.717) is 5.82 Å². The number of benzene rings is 1. The highest BCUT2D eigenvalue weighted by molar-refractivity contribution is 7.99. The molecule has 6 heteroatoms. The predicted octanol–water partition coefficient (Wildman–Crippen LogP) is 2.69. The minimum Gasteiger partial charge on any atom is -0.388 e. The van der Waals surface area contributed by atoms with Gasteiger partial charge in [0.15, 0.2) is 11.0 Å². The normalized spacial score (nSPS) is 12.6. The molecule has 0 aliphatic carbocycles. The standard InChI is InChI=1S/C13H16FN3OS/c1-3-11(9-4-6-10(14)7-5-9)19-13-16-15-12(8-18)17(13)2/h4-7,11,18H,3,8H2,1-2H3/t11-/m1/s1. The number of aliphatic hydroxyl groups is 1. The van der Waals surface area contributed by atoms with Crippen molar-refractivity contribution >= 4 is 11.8 Å². The average molecular weight is 281 g/mol. The second-order valence-corrected chi connectivity index (χ2v) is 5.35. The molecule has 1 aromatic heterocycles. The van der Waals surface area contributed by atoms with Crippen LogP contribution in [0.4, 0.5) is 4.39 Å². The highest BCUT2D eigenvalue weighted by atomic mass is 32.2. The number of halogens is 1. The Morgan fingerprint density at radius 1 is 1.32 bits per heavy atom. The number of hydrogen-bond acceptors (Lipinski definition) is 4. The lowest BCUT2D eigenvalue weighted by molar-refractivity contribution is 0.266. The molecule has 0 fully saturated rings. The van der Waals surface area contributed by atoms with Crippen LogP contribution in [0.3, 0.4) is 0 Å². The number of hydrogen-bond donors (Lipinski definition) is 1. The highest BCUT2D eigenvalue weighted by Crippen LogP contribution is 2.36. The van der Waals surface area contributed by atoms with Crippen LogP contribution in [-0.4, -0.2) is 19.9 Å². The van der Waals surface area contributed by atoms with E-state index in [4.69, 9.17) is 5.11 Å². The van der Waals surface area contributed by atoms with Gasteiger partial charge in [0.1, 0.15) is 12.4 Å². The van der Waals surface area contributed by atoms with Crippen LogP contribution in [0.2, 0.25) is 0 Å². The van der Waals surface area contributed by atoms with Crippen molar-refractivity contribution in [1.82, 2.24) is 14.8 Å². The molecule has 2 rings (SSSR count). The van der Waals surface area contributed by atoms with Crippen molar-refractivity contribution in [1.29, 1.82) is 0 Å². The van der Waals surface area contributed by atoms with Crippen LogP contribution < -0.4 is 0 Å². The molecule has 19 heavy (non-hydrogen) atoms. The lowest BCUT2D eigenvalue weighted by atomic mass is 10.1. The minimum absolute atomic E-state index is 0.128. The summed E-state index contributed by atoms with van der Waals surface area (Å²) < 4.78 is 14.7. The van der Waals surface area contributed by atoms with E-state index in [-0.39, 0.29) is 17.7 Å². The molecule has 102 valence electrons. The van der Waals surface area contributed by atoms with Gasteiger partial charge in [0.2, 0.25) is 0 Å². The average Bonchev–Trinajstić information content (AvgIpc) is 2.78. The Morgan fingerprint density at radius 2 is 2.00 bits per heavy atom. The summed E-state index contributed by atoms with van der Waals surface area (Å²) in [5.41, 5.74) is 1.06. The molecule has 1 heterocycles. The maximum atomic E-state index is 12.9. The molecule has 0 unspecified atom stereocenters. The third-order valence-corrected chi connectivity index (χ3v) is 4.38. The van der Waals surface area contributed by atoms with Gasteiger partial charge in [0, 0.05) is 12.3 Å². The third-order valence-electron chi connectivity index (χ3n) is 2.93. The lowest BCUT2D eigenvalue weighted by Gasteiger charge is -2.14. The highest BCUT2D eigenvalue weighted by Gasteiger charge is 2.16. The molecular formula is C13H16FN3OS. The molecule has 0 aliphatic rings. The van der Waals surface area contributed by atoms with Crippen molar-refractivity contribution in [3.8, 4) is 0 Å². The topological polar surface area (TPSA) is 50.9 Å². The van der Waals surface area contributed by atoms with E-state index in [1.54, 1.807) is 28.5 Å². The summed E-state index contributed by atoms with van der Waals surface area (Å²) >= 11 is 1.57. The first-order valence-electron chi connectivity index (χ1n) is 6.07. The van der Waals surface area contributed by atoms with Gasteiger partial charge in [-0.25, -0.2) is 4.39 Å². The van der Waals surface area contributed by atoms with Crippen molar-refractivity contribution in [3.63, 3.8) is 0 Å².